The van der Waals surface area contributed by atoms with Crippen LogP contribution in [0.5, 0.6) is 0 Å². The second-order valence-electron chi connectivity index (χ2n) is 3.95. The van der Waals surface area contributed by atoms with Gasteiger partial charge in [-0.1, -0.05) is 0 Å². The van der Waals surface area contributed by atoms with E-state index in [0.717, 1.165) is 0 Å². The summed E-state index contributed by atoms with van der Waals surface area (Å²) in [6, 6.07) is 0. The van der Waals surface area contributed by atoms with Crippen LogP contribution in [0, 0.1) is 0 Å². The summed E-state index contributed by atoms with van der Waals surface area (Å²) in [5.74, 6) is 0. The molecule has 1 amide bonds. The van der Waals surface area contributed by atoms with Gasteiger partial charge in [0.25, 0.3) is 0 Å². The van der Waals surface area contributed by atoms with Gasteiger partial charge in [0, 0.05) is 19.1 Å². The van der Waals surface area contributed by atoms with Crippen LogP contribution in [0.4, 0.5) is 4.79 Å². The molecule has 0 saturated heterocycles. The number of hydrogen-bond acceptors (Lipinski definition) is 3. The smallest absolute Gasteiger partial charge is 0.409 e. The average molecular weight is 188 g/mol. The van der Waals surface area contributed by atoms with Crippen LogP contribution in [-0.2, 0) is 4.74 Å². The molecule has 4 nitrogen and oxygen atoms in total. The van der Waals surface area contributed by atoms with E-state index in [2.05, 4.69) is 5.32 Å². The lowest BCUT2D eigenvalue weighted by atomic mass is 10.1. The first-order chi connectivity index (χ1) is 5.89. The largest absolute Gasteiger partial charge is 0.448 e. The van der Waals surface area contributed by atoms with E-state index in [1.807, 2.05) is 27.8 Å². The summed E-state index contributed by atoms with van der Waals surface area (Å²) in [5, 5.41) is 2.90. The van der Waals surface area contributed by atoms with Gasteiger partial charge in [0.2, 0.25) is 0 Å². The van der Waals surface area contributed by atoms with Crippen LogP contribution in [0.2, 0.25) is 0 Å². The number of rotatable bonds is 3. The molecular weight excluding hydrogens is 168 g/mol. The van der Waals surface area contributed by atoms with Gasteiger partial charge in [0.05, 0.1) is 0 Å². The summed E-state index contributed by atoms with van der Waals surface area (Å²) in [6.07, 6.45) is -0.275. The Kier molecular flexibility index (Phi) is 4.77. The van der Waals surface area contributed by atoms with Crippen LogP contribution in [0.3, 0.4) is 0 Å². The Morgan fingerprint density at radius 3 is 2.38 bits per heavy atom. The van der Waals surface area contributed by atoms with Gasteiger partial charge in [-0.15, -0.1) is 0 Å². The first-order valence-electron chi connectivity index (χ1n) is 4.44. The van der Waals surface area contributed by atoms with E-state index in [-0.39, 0.29) is 11.6 Å². The zero-order chi connectivity index (χ0) is 10.5. The fraction of sp³-hybridized carbons (Fsp3) is 0.889. The third-order valence-electron chi connectivity index (χ3n) is 1.86. The molecule has 4 heteroatoms. The minimum absolute atomic E-state index is 0.184. The van der Waals surface area contributed by atoms with Crippen molar-refractivity contribution in [3.05, 3.63) is 0 Å². The van der Waals surface area contributed by atoms with E-state index in [0.29, 0.717) is 13.2 Å². The minimum atomic E-state index is -0.275. The molecule has 0 aliphatic heterocycles. The molecule has 0 aromatic rings. The Balaban J connectivity index is 3.84. The standard InChI is InChI=1S/C9H20N2O2/c1-9(2,3)11(5)8(12)13-7-6-10-4/h10H,6-7H2,1-5H3. The van der Waals surface area contributed by atoms with Gasteiger partial charge in [-0.05, 0) is 27.8 Å². The van der Waals surface area contributed by atoms with E-state index in [4.69, 9.17) is 4.74 Å². The van der Waals surface area contributed by atoms with E-state index in [1.54, 1.807) is 11.9 Å². The molecule has 0 aromatic heterocycles. The van der Waals surface area contributed by atoms with E-state index >= 15 is 0 Å². The van der Waals surface area contributed by atoms with Gasteiger partial charge in [-0.2, -0.15) is 0 Å². The highest BCUT2D eigenvalue weighted by Gasteiger charge is 2.22. The molecule has 0 bridgehead atoms. The van der Waals surface area contributed by atoms with Crippen molar-refractivity contribution in [1.82, 2.24) is 10.2 Å². The van der Waals surface area contributed by atoms with Crippen LogP contribution < -0.4 is 5.32 Å². The van der Waals surface area contributed by atoms with Crippen molar-refractivity contribution < 1.29 is 9.53 Å². The number of carbonyl (C=O) groups excluding carboxylic acids is 1. The fourth-order valence-electron chi connectivity index (χ4n) is 0.611. The van der Waals surface area contributed by atoms with Crippen molar-refractivity contribution in [3.63, 3.8) is 0 Å². The number of ether oxygens (including phenoxy) is 1. The molecule has 0 aliphatic rings. The van der Waals surface area contributed by atoms with Crippen LogP contribution in [0.1, 0.15) is 20.8 Å². The maximum Gasteiger partial charge on any atom is 0.409 e. The molecule has 0 rings (SSSR count). The van der Waals surface area contributed by atoms with E-state index in [1.165, 1.54) is 0 Å². The third kappa shape index (κ3) is 4.72. The van der Waals surface area contributed by atoms with Crippen LogP contribution in [-0.4, -0.2) is 43.8 Å². The molecule has 0 unspecified atom stereocenters. The second-order valence-corrected chi connectivity index (χ2v) is 3.95. The first kappa shape index (κ1) is 12.2. The van der Waals surface area contributed by atoms with Gasteiger partial charge in [0.15, 0.2) is 0 Å². The van der Waals surface area contributed by atoms with Crippen LogP contribution >= 0.6 is 0 Å². The molecular formula is C9H20N2O2. The van der Waals surface area contributed by atoms with Gasteiger partial charge in [0.1, 0.15) is 6.61 Å². The summed E-state index contributed by atoms with van der Waals surface area (Å²) < 4.78 is 5.00. The highest BCUT2D eigenvalue weighted by molar-refractivity contribution is 5.68. The Hall–Kier alpha value is -0.770. The fourth-order valence-corrected chi connectivity index (χ4v) is 0.611. The average Bonchev–Trinajstić information content (AvgIpc) is 2.01. The predicted molar refractivity (Wildman–Crippen MR) is 52.8 cm³/mol. The molecule has 1 N–H and O–H groups in total. The lowest BCUT2D eigenvalue weighted by Gasteiger charge is -2.30. The Morgan fingerprint density at radius 2 is 2.00 bits per heavy atom. The van der Waals surface area contributed by atoms with Crippen molar-refractivity contribution >= 4 is 6.09 Å². The summed E-state index contributed by atoms with van der Waals surface area (Å²) in [7, 11) is 3.56. The number of hydrogen-bond donors (Lipinski definition) is 1. The van der Waals surface area contributed by atoms with E-state index < -0.39 is 0 Å². The molecule has 0 radical (unpaired) electrons. The van der Waals surface area contributed by atoms with Crippen molar-refractivity contribution in [1.29, 1.82) is 0 Å². The van der Waals surface area contributed by atoms with Crippen molar-refractivity contribution in [2.75, 3.05) is 27.2 Å². The molecule has 0 heterocycles. The van der Waals surface area contributed by atoms with Gasteiger partial charge in [-0.3, -0.25) is 0 Å². The Labute approximate surface area is 80.2 Å². The van der Waals surface area contributed by atoms with Crippen LogP contribution in [0.25, 0.3) is 0 Å². The quantitative estimate of drug-likeness (QED) is 0.674. The molecule has 0 spiro atoms. The summed E-state index contributed by atoms with van der Waals surface area (Å²) in [4.78, 5) is 12.9. The third-order valence-corrected chi connectivity index (χ3v) is 1.86. The monoisotopic (exact) mass is 188 g/mol. The predicted octanol–water partition coefficient (Wildman–Crippen LogP) is 1.07. The highest BCUT2D eigenvalue weighted by atomic mass is 16.6. The van der Waals surface area contributed by atoms with Crippen molar-refractivity contribution in [2.45, 2.75) is 26.3 Å². The highest BCUT2D eigenvalue weighted by Crippen LogP contribution is 2.11. The normalized spacial score (nSPS) is 11.2. The first-order valence-corrected chi connectivity index (χ1v) is 4.44. The second kappa shape index (κ2) is 5.07. The van der Waals surface area contributed by atoms with E-state index in [9.17, 15) is 4.79 Å². The van der Waals surface area contributed by atoms with Gasteiger partial charge >= 0.3 is 6.09 Å². The van der Waals surface area contributed by atoms with Crippen molar-refractivity contribution in [2.24, 2.45) is 0 Å². The maximum atomic E-state index is 11.3. The van der Waals surface area contributed by atoms with Crippen LogP contribution in [0.15, 0.2) is 0 Å². The summed E-state index contributed by atoms with van der Waals surface area (Å²) in [5.41, 5.74) is -0.184. The zero-order valence-corrected chi connectivity index (χ0v) is 9.18. The zero-order valence-electron chi connectivity index (χ0n) is 9.18. The lowest BCUT2D eigenvalue weighted by molar-refractivity contribution is 0.0823. The molecule has 0 atom stereocenters. The molecule has 13 heavy (non-hydrogen) atoms. The topological polar surface area (TPSA) is 41.6 Å². The van der Waals surface area contributed by atoms with Crippen molar-refractivity contribution in [3.8, 4) is 0 Å². The SMILES string of the molecule is CNCCOC(=O)N(C)C(C)(C)C. The number of carbonyl (C=O) groups is 1. The van der Waals surface area contributed by atoms with Gasteiger partial charge in [-0.25, -0.2) is 4.79 Å². The molecule has 0 aromatic carbocycles. The molecule has 78 valence electrons. The Bertz CT molecular complexity index is 163. The lowest BCUT2D eigenvalue weighted by Crippen LogP contribution is -2.43. The minimum Gasteiger partial charge on any atom is -0.448 e. The Morgan fingerprint density at radius 1 is 1.46 bits per heavy atom. The number of nitrogens with one attached hydrogen (secondary N) is 1. The number of likely N-dealkylation sites (N-methyl/N-ethyl adjacent to an activating group) is 1. The van der Waals surface area contributed by atoms with Gasteiger partial charge < -0.3 is 15.0 Å². The number of nitrogens with zero attached hydrogens (tertiary/aromatic N) is 1. The summed E-state index contributed by atoms with van der Waals surface area (Å²) in [6.45, 7) is 6.99. The molecule has 0 fully saturated rings. The maximum absolute atomic E-state index is 11.3. The summed E-state index contributed by atoms with van der Waals surface area (Å²) >= 11 is 0. The molecule has 0 saturated carbocycles. The number of amides is 1. The molecule has 0 aliphatic carbocycles.